The van der Waals surface area contributed by atoms with E-state index in [-0.39, 0.29) is 18.1 Å². The molecule has 1 aliphatic rings. The number of rotatable bonds is 5. The summed E-state index contributed by atoms with van der Waals surface area (Å²) in [5.41, 5.74) is 0.337. The minimum atomic E-state index is -0.301. The number of hydrogen-bond acceptors (Lipinski definition) is 3. The predicted octanol–water partition coefficient (Wildman–Crippen LogP) is 1.79. The summed E-state index contributed by atoms with van der Waals surface area (Å²) < 4.78 is 16.9. The lowest BCUT2D eigenvalue weighted by Crippen LogP contribution is -2.30. The smallest absolute Gasteiger partial charge is 0.317 e. The van der Waals surface area contributed by atoms with E-state index in [2.05, 4.69) is 10.4 Å². The molecule has 1 N–H and O–H groups in total. The van der Waals surface area contributed by atoms with Crippen LogP contribution in [0.5, 0.6) is 0 Å². The van der Waals surface area contributed by atoms with Gasteiger partial charge in [-0.25, -0.2) is 13.9 Å². The van der Waals surface area contributed by atoms with E-state index in [9.17, 15) is 9.18 Å². The van der Waals surface area contributed by atoms with Crippen LogP contribution in [0.1, 0.15) is 31.2 Å². The van der Waals surface area contributed by atoms with Crippen LogP contribution in [0, 0.1) is 11.7 Å². The molecule has 2 aromatic rings. The Labute approximate surface area is 135 Å². The maximum atomic E-state index is 13.8. The molecule has 1 aromatic heterocycles. The molecule has 0 bridgehead atoms. The number of nitrogens with zero attached hydrogens (tertiary/aromatic N) is 3. The third-order valence-corrected chi connectivity index (χ3v) is 4.52. The zero-order valence-corrected chi connectivity index (χ0v) is 13.5. The van der Waals surface area contributed by atoms with Gasteiger partial charge in [0, 0.05) is 18.5 Å². The fourth-order valence-electron chi connectivity index (χ4n) is 3.19. The van der Waals surface area contributed by atoms with Gasteiger partial charge in [0.1, 0.15) is 11.6 Å². The van der Waals surface area contributed by atoms with Crippen LogP contribution in [0.3, 0.4) is 0 Å². The zero-order valence-electron chi connectivity index (χ0n) is 13.5. The SMILES string of the molecule is CCn1c(CC2CCNCC2)nn(Cc2ccccc2F)c1=O. The van der Waals surface area contributed by atoms with Crippen molar-refractivity contribution in [2.75, 3.05) is 13.1 Å². The summed E-state index contributed by atoms with van der Waals surface area (Å²) in [6, 6.07) is 6.53. The molecule has 1 aliphatic heterocycles. The molecule has 1 saturated heterocycles. The average Bonchev–Trinajstić information content (AvgIpc) is 2.85. The lowest BCUT2D eigenvalue weighted by molar-refractivity contribution is 0.362. The summed E-state index contributed by atoms with van der Waals surface area (Å²) >= 11 is 0. The van der Waals surface area contributed by atoms with E-state index < -0.39 is 0 Å². The summed E-state index contributed by atoms with van der Waals surface area (Å²) in [5, 5.41) is 7.84. The first kappa shape index (κ1) is 15.9. The Balaban J connectivity index is 1.84. The van der Waals surface area contributed by atoms with Gasteiger partial charge in [-0.2, -0.15) is 5.10 Å². The third kappa shape index (κ3) is 3.52. The monoisotopic (exact) mass is 318 g/mol. The van der Waals surface area contributed by atoms with E-state index >= 15 is 0 Å². The molecule has 6 heteroatoms. The number of hydrogen-bond donors (Lipinski definition) is 1. The Hall–Kier alpha value is -1.95. The van der Waals surface area contributed by atoms with Crippen LogP contribution in [0.25, 0.3) is 0 Å². The number of aromatic nitrogens is 3. The van der Waals surface area contributed by atoms with Gasteiger partial charge >= 0.3 is 5.69 Å². The molecular weight excluding hydrogens is 295 g/mol. The van der Waals surface area contributed by atoms with Crippen LogP contribution < -0.4 is 11.0 Å². The van der Waals surface area contributed by atoms with E-state index in [0.717, 1.165) is 38.2 Å². The van der Waals surface area contributed by atoms with Crippen molar-refractivity contribution in [1.29, 1.82) is 0 Å². The van der Waals surface area contributed by atoms with Gasteiger partial charge < -0.3 is 5.32 Å². The number of piperidine rings is 1. The maximum Gasteiger partial charge on any atom is 0.346 e. The van der Waals surface area contributed by atoms with Crippen LogP contribution in [0.15, 0.2) is 29.1 Å². The van der Waals surface area contributed by atoms with Gasteiger partial charge in [-0.05, 0) is 44.8 Å². The molecule has 0 unspecified atom stereocenters. The summed E-state index contributed by atoms with van der Waals surface area (Å²) in [4.78, 5) is 12.5. The number of nitrogens with one attached hydrogen (secondary N) is 1. The van der Waals surface area contributed by atoms with Crippen molar-refractivity contribution in [1.82, 2.24) is 19.7 Å². The first-order chi connectivity index (χ1) is 11.2. The van der Waals surface area contributed by atoms with Gasteiger partial charge in [-0.15, -0.1) is 0 Å². The molecule has 2 heterocycles. The van der Waals surface area contributed by atoms with E-state index in [4.69, 9.17) is 0 Å². The van der Waals surface area contributed by atoms with Crippen LogP contribution in [-0.2, 0) is 19.5 Å². The normalized spacial score (nSPS) is 15.9. The topological polar surface area (TPSA) is 51.9 Å². The highest BCUT2D eigenvalue weighted by atomic mass is 19.1. The van der Waals surface area contributed by atoms with E-state index in [1.165, 1.54) is 10.7 Å². The lowest BCUT2D eigenvalue weighted by Gasteiger charge is -2.21. The van der Waals surface area contributed by atoms with Crippen molar-refractivity contribution in [2.24, 2.45) is 5.92 Å². The zero-order chi connectivity index (χ0) is 16.2. The molecule has 1 aromatic carbocycles. The quantitative estimate of drug-likeness (QED) is 0.914. The highest BCUT2D eigenvalue weighted by Crippen LogP contribution is 2.16. The predicted molar refractivity (Wildman–Crippen MR) is 87.0 cm³/mol. The van der Waals surface area contributed by atoms with Crippen molar-refractivity contribution in [3.05, 3.63) is 52.0 Å². The molecule has 0 saturated carbocycles. The van der Waals surface area contributed by atoms with Gasteiger partial charge in [0.2, 0.25) is 0 Å². The molecule has 0 aliphatic carbocycles. The standard InChI is InChI=1S/C17H23FN4O/c1-2-21-16(11-13-7-9-19-10-8-13)20-22(17(21)23)12-14-5-3-4-6-15(14)18/h3-6,13,19H,2,7-12H2,1H3. The molecular formula is C17H23FN4O. The van der Waals surface area contributed by atoms with Crippen LogP contribution >= 0.6 is 0 Å². The van der Waals surface area contributed by atoms with E-state index in [1.807, 2.05) is 6.92 Å². The molecule has 0 radical (unpaired) electrons. The van der Waals surface area contributed by atoms with Gasteiger partial charge in [0.25, 0.3) is 0 Å². The van der Waals surface area contributed by atoms with Gasteiger partial charge in [-0.1, -0.05) is 18.2 Å². The summed E-state index contributed by atoms with van der Waals surface area (Å²) in [6.45, 7) is 4.77. The Morgan fingerprint density at radius 3 is 2.74 bits per heavy atom. The molecule has 23 heavy (non-hydrogen) atoms. The molecule has 124 valence electrons. The van der Waals surface area contributed by atoms with Gasteiger partial charge in [-0.3, -0.25) is 4.57 Å². The molecule has 0 atom stereocenters. The molecule has 0 amide bonds. The second-order valence-electron chi connectivity index (χ2n) is 6.09. The number of benzene rings is 1. The van der Waals surface area contributed by atoms with Crippen molar-refractivity contribution in [3.63, 3.8) is 0 Å². The minimum absolute atomic E-state index is 0.153. The van der Waals surface area contributed by atoms with Crippen LogP contribution in [0.2, 0.25) is 0 Å². The summed E-state index contributed by atoms with van der Waals surface area (Å²) in [6.07, 6.45) is 3.03. The van der Waals surface area contributed by atoms with Crippen molar-refractivity contribution >= 4 is 0 Å². The maximum absolute atomic E-state index is 13.8. The average molecular weight is 318 g/mol. The third-order valence-electron chi connectivity index (χ3n) is 4.52. The first-order valence-corrected chi connectivity index (χ1v) is 8.29. The van der Waals surface area contributed by atoms with Crippen LogP contribution in [-0.4, -0.2) is 27.4 Å². The van der Waals surface area contributed by atoms with E-state index in [0.29, 0.717) is 18.0 Å². The molecule has 0 spiro atoms. The summed E-state index contributed by atoms with van der Waals surface area (Å²) in [5.74, 6) is 1.08. The fourth-order valence-corrected chi connectivity index (χ4v) is 3.19. The van der Waals surface area contributed by atoms with Crippen LogP contribution in [0.4, 0.5) is 4.39 Å². The number of halogens is 1. The lowest BCUT2D eigenvalue weighted by atomic mass is 9.94. The van der Waals surface area contributed by atoms with Crippen molar-refractivity contribution in [2.45, 2.75) is 39.3 Å². The van der Waals surface area contributed by atoms with E-state index in [1.54, 1.807) is 22.8 Å². The van der Waals surface area contributed by atoms with Crippen molar-refractivity contribution in [3.8, 4) is 0 Å². The molecule has 5 nitrogen and oxygen atoms in total. The van der Waals surface area contributed by atoms with Gasteiger partial charge in [0.05, 0.1) is 6.54 Å². The highest BCUT2D eigenvalue weighted by Gasteiger charge is 2.19. The summed E-state index contributed by atoms with van der Waals surface area (Å²) in [7, 11) is 0. The van der Waals surface area contributed by atoms with Gasteiger partial charge in [0.15, 0.2) is 0 Å². The molecule has 1 fully saturated rings. The fraction of sp³-hybridized carbons (Fsp3) is 0.529. The Morgan fingerprint density at radius 1 is 1.30 bits per heavy atom. The molecule has 3 rings (SSSR count). The Kier molecular flexibility index (Phi) is 4.91. The Morgan fingerprint density at radius 2 is 2.04 bits per heavy atom. The first-order valence-electron chi connectivity index (χ1n) is 8.29. The highest BCUT2D eigenvalue weighted by molar-refractivity contribution is 5.17. The second kappa shape index (κ2) is 7.08. The second-order valence-corrected chi connectivity index (χ2v) is 6.09. The minimum Gasteiger partial charge on any atom is -0.317 e. The Bertz CT molecular complexity index is 716. The largest absolute Gasteiger partial charge is 0.346 e. The van der Waals surface area contributed by atoms with Crippen molar-refractivity contribution < 1.29 is 4.39 Å².